The van der Waals surface area contributed by atoms with Gasteiger partial charge in [-0.25, -0.2) is 9.07 Å². The molecule has 2 heterocycles. The first kappa shape index (κ1) is 11.7. The Morgan fingerprint density at radius 2 is 2.37 bits per heavy atom. The highest BCUT2D eigenvalue weighted by atomic mass is 19.1. The molecule has 0 aliphatic carbocycles. The molecule has 6 heteroatoms. The molecule has 98 valence electrons. The lowest BCUT2D eigenvalue weighted by Gasteiger charge is -2.15. The molecule has 0 spiro atoms. The van der Waals surface area contributed by atoms with E-state index in [0.29, 0.717) is 23.7 Å². The third kappa shape index (κ3) is 2.29. The number of hydrogen-bond acceptors (Lipinski definition) is 3. The Labute approximate surface area is 109 Å². The van der Waals surface area contributed by atoms with Gasteiger partial charge in [-0.1, -0.05) is 6.07 Å². The summed E-state index contributed by atoms with van der Waals surface area (Å²) in [4.78, 5) is 12.1. The number of halogens is 1. The lowest BCUT2D eigenvalue weighted by atomic mass is 10.2. The molecule has 0 atom stereocenters. The average Bonchev–Trinajstić information content (AvgIpc) is 2.82. The topological polar surface area (TPSA) is 56.2 Å². The quantitative estimate of drug-likeness (QED) is 0.900. The molecule has 1 amide bonds. The van der Waals surface area contributed by atoms with Crippen molar-refractivity contribution >= 4 is 11.6 Å². The molecule has 19 heavy (non-hydrogen) atoms. The first-order valence-electron chi connectivity index (χ1n) is 5.99. The van der Waals surface area contributed by atoms with Crippen molar-refractivity contribution < 1.29 is 13.9 Å². The minimum Gasteiger partial charge on any atom is -0.477 e. The molecule has 1 aliphatic heterocycles. The van der Waals surface area contributed by atoms with E-state index in [2.05, 4.69) is 10.4 Å². The van der Waals surface area contributed by atoms with Gasteiger partial charge in [0.2, 0.25) is 5.88 Å². The van der Waals surface area contributed by atoms with Gasteiger partial charge < -0.3 is 10.1 Å². The number of rotatable bonds is 2. The number of amides is 1. The van der Waals surface area contributed by atoms with Gasteiger partial charge in [-0.15, -0.1) is 0 Å². The van der Waals surface area contributed by atoms with Gasteiger partial charge in [0.05, 0.1) is 12.8 Å². The van der Waals surface area contributed by atoms with Crippen molar-refractivity contribution in [2.75, 3.05) is 11.9 Å². The van der Waals surface area contributed by atoms with Crippen LogP contribution in [-0.4, -0.2) is 22.3 Å². The van der Waals surface area contributed by atoms with E-state index in [1.165, 1.54) is 24.4 Å². The molecular weight excluding hydrogens is 249 g/mol. The molecule has 0 unspecified atom stereocenters. The van der Waals surface area contributed by atoms with Gasteiger partial charge in [-0.3, -0.25) is 4.79 Å². The summed E-state index contributed by atoms with van der Waals surface area (Å²) in [6, 6.07) is 5.74. The second-order valence-corrected chi connectivity index (χ2v) is 4.25. The fourth-order valence-electron chi connectivity index (χ4n) is 1.99. The Bertz CT molecular complexity index is 624. The Hall–Kier alpha value is -2.37. The standard InChI is InChI=1S/C13H12FN3O2/c14-9-3-1-4-10(7-9)16-12(18)11-8-15-17-5-2-6-19-13(11)17/h1,3-4,7-8H,2,5-6H2,(H,16,18). The number of hydrogen-bond donors (Lipinski definition) is 1. The van der Waals surface area contributed by atoms with E-state index >= 15 is 0 Å². The van der Waals surface area contributed by atoms with Crippen LogP contribution < -0.4 is 10.1 Å². The SMILES string of the molecule is O=C(Nc1cccc(F)c1)c1cnn2c1OCCC2. The van der Waals surface area contributed by atoms with Gasteiger partial charge in [0.1, 0.15) is 11.4 Å². The number of aromatic nitrogens is 2. The first-order chi connectivity index (χ1) is 9.24. The third-order valence-electron chi connectivity index (χ3n) is 2.87. The summed E-state index contributed by atoms with van der Waals surface area (Å²) >= 11 is 0. The van der Waals surface area contributed by atoms with Gasteiger partial charge in [0.15, 0.2) is 0 Å². The fourth-order valence-corrected chi connectivity index (χ4v) is 1.99. The summed E-state index contributed by atoms with van der Waals surface area (Å²) in [5, 5.41) is 6.72. The number of nitrogens with one attached hydrogen (secondary N) is 1. The van der Waals surface area contributed by atoms with Gasteiger partial charge in [-0.05, 0) is 18.2 Å². The molecule has 1 N–H and O–H groups in total. The maximum Gasteiger partial charge on any atom is 0.262 e. The summed E-state index contributed by atoms with van der Waals surface area (Å²) in [5.41, 5.74) is 0.768. The van der Waals surface area contributed by atoms with Crippen molar-refractivity contribution in [3.8, 4) is 5.88 Å². The summed E-state index contributed by atoms with van der Waals surface area (Å²) in [7, 11) is 0. The second-order valence-electron chi connectivity index (χ2n) is 4.25. The van der Waals surface area contributed by atoms with Crippen LogP contribution in [0.1, 0.15) is 16.8 Å². The first-order valence-corrected chi connectivity index (χ1v) is 5.99. The van der Waals surface area contributed by atoms with Crippen LogP contribution in [0.2, 0.25) is 0 Å². The number of anilines is 1. The lowest BCUT2D eigenvalue weighted by Crippen LogP contribution is -2.18. The minimum absolute atomic E-state index is 0.353. The van der Waals surface area contributed by atoms with Gasteiger partial charge >= 0.3 is 0 Å². The van der Waals surface area contributed by atoms with Crippen molar-refractivity contribution in [1.82, 2.24) is 9.78 Å². The molecule has 1 aromatic heterocycles. The van der Waals surface area contributed by atoms with Crippen LogP contribution in [0, 0.1) is 5.82 Å². The number of carbonyl (C=O) groups excluding carboxylic acids is 1. The zero-order valence-corrected chi connectivity index (χ0v) is 10.1. The van der Waals surface area contributed by atoms with Crippen molar-refractivity contribution in [2.45, 2.75) is 13.0 Å². The lowest BCUT2D eigenvalue weighted by molar-refractivity contribution is 0.102. The Kier molecular flexibility index (Phi) is 2.91. The van der Waals surface area contributed by atoms with E-state index in [9.17, 15) is 9.18 Å². The van der Waals surface area contributed by atoms with Crippen LogP contribution in [-0.2, 0) is 6.54 Å². The molecule has 1 aliphatic rings. The molecule has 0 radical (unpaired) electrons. The largest absolute Gasteiger partial charge is 0.477 e. The highest BCUT2D eigenvalue weighted by Crippen LogP contribution is 2.23. The molecule has 0 bridgehead atoms. The van der Waals surface area contributed by atoms with Crippen LogP contribution in [0.25, 0.3) is 0 Å². The number of ether oxygens (including phenoxy) is 1. The summed E-state index contributed by atoms with van der Waals surface area (Å²) in [6.07, 6.45) is 2.34. The van der Waals surface area contributed by atoms with E-state index in [4.69, 9.17) is 4.74 Å². The molecule has 5 nitrogen and oxygen atoms in total. The highest BCUT2D eigenvalue weighted by Gasteiger charge is 2.21. The number of fused-ring (bicyclic) bond motifs is 1. The predicted octanol–water partition coefficient (Wildman–Crippen LogP) is 2.06. The fraction of sp³-hybridized carbons (Fsp3) is 0.231. The minimum atomic E-state index is -0.397. The van der Waals surface area contributed by atoms with Crippen LogP contribution >= 0.6 is 0 Å². The third-order valence-corrected chi connectivity index (χ3v) is 2.87. The maximum atomic E-state index is 13.0. The van der Waals surface area contributed by atoms with E-state index in [1.54, 1.807) is 10.7 Å². The predicted molar refractivity (Wildman–Crippen MR) is 66.7 cm³/mol. The van der Waals surface area contributed by atoms with Crippen LogP contribution in [0.3, 0.4) is 0 Å². The van der Waals surface area contributed by atoms with Crippen molar-refractivity contribution in [2.24, 2.45) is 0 Å². The smallest absolute Gasteiger partial charge is 0.262 e. The van der Waals surface area contributed by atoms with Crippen molar-refractivity contribution in [3.05, 3.63) is 41.8 Å². The maximum absolute atomic E-state index is 13.0. The molecule has 0 saturated heterocycles. The van der Waals surface area contributed by atoms with Gasteiger partial charge in [0.25, 0.3) is 5.91 Å². The average molecular weight is 261 g/mol. The molecule has 3 rings (SSSR count). The molecule has 2 aromatic rings. The van der Waals surface area contributed by atoms with Crippen LogP contribution in [0.5, 0.6) is 5.88 Å². The van der Waals surface area contributed by atoms with E-state index in [1.807, 2.05) is 0 Å². The highest BCUT2D eigenvalue weighted by molar-refractivity contribution is 6.05. The molecule has 1 aromatic carbocycles. The second kappa shape index (κ2) is 4.72. The number of benzene rings is 1. The zero-order chi connectivity index (χ0) is 13.2. The van der Waals surface area contributed by atoms with E-state index in [-0.39, 0.29) is 5.91 Å². The van der Waals surface area contributed by atoms with E-state index in [0.717, 1.165) is 13.0 Å². The van der Waals surface area contributed by atoms with Crippen LogP contribution in [0.4, 0.5) is 10.1 Å². The Morgan fingerprint density at radius 1 is 1.47 bits per heavy atom. The normalized spacial score (nSPS) is 13.5. The van der Waals surface area contributed by atoms with Crippen LogP contribution in [0.15, 0.2) is 30.5 Å². The van der Waals surface area contributed by atoms with E-state index < -0.39 is 5.82 Å². The van der Waals surface area contributed by atoms with Crippen molar-refractivity contribution in [3.63, 3.8) is 0 Å². The monoisotopic (exact) mass is 261 g/mol. The molecule has 0 fully saturated rings. The molecular formula is C13H12FN3O2. The number of carbonyl (C=O) groups is 1. The Balaban J connectivity index is 1.83. The number of nitrogens with zero attached hydrogens (tertiary/aromatic N) is 2. The summed E-state index contributed by atoms with van der Waals surface area (Å²) < 4.78 is 20.1. The number of aryl methyl sites for hydroxylation is 1. The Morgan fingerprint density at radius 3 is 3.21 bits per heavy atom. The van der Waals surface area contributed by atoms with Gasteiger partial charge in [0, 0.05) is 18.7 Å². The van der Waals surface area contributed by atoms with Crippen molar-refractivity contribution in [1.29, 1.82) is 0 Å². The summed E-state index contributed by atoms with van der Waals surface area (Å²) in [5.74, 6) is -0.278. The summed E-state index contributed by atoms with van der Waals surface area (Å²) in [6.45, 7) is 1.31. The van der Waals surface area contributed by atoms with Gasteiger partial charge in [-0.2, -0.15) is 5.10 Å². The molecule has 0 saturated carbocycles. The zero-order valence-electron chi connectivity index (χ0n) is 10.1.